The maximum absolute atomic E-state index is 13.8. The maximum Gasteiger partial charge on any atom is 0.264 e. The summed E-state index contributed by atoms with van der Waals surface area (Å²) in [7, 11) is 1.67. The van der Waals surface area contributed by atoms with E-state index in [4.69, 9.17) is 0 Å². The molecule has 112 valence electrons. The van der Waals surface area contributed by atoms with E-state index in [-0.39, 0.29) is 11.7 Å². The lowest BCUT2D eigenvalue weighted by atomic mass is 9.76. The SMILES string of the molecule is CN(C(=O)c1ccc(-c2ccccc2F)s1)C1(C#N)CCC1. The molecule has 0 atom stereocenters. The van der Waals surface area contributed by atoms with Crippen molar-refractivity contribution in [1.82, 2.24) is 4.90 Å². The van der Waals surface area contributed by atoms with Crippen LogP contribution in [0.4, 0.5) is 4.39 Å². The van der Waals surface area contributed by atoms with E-state index in [0.717, 1.165) is 24.1 Å². The van der Waals surface area contributed by atoms with Gasteiger partial charge in [-0.15, -0.1) is 11.3 Å². The Hall–Kier alpha value is -2.19. The van der Waals surface area contributed by atoms with Crippen LogP contribution in [0.1, 0.15) is 28.9 Å². The molecular formula is C17H15FN2OS. The molecule has 1 aliphatic rings. The number of carbonyl (C=O) groups excluding carboxylic acids is 1. The Bertz CT molecular complexity index is 758. The van der Waals surface area contributed by atoms with Gasteiger partial charge in [-0.25, -0.2) is 4.39 Å². The van der Waals surface area contributed by atoms with Crippen LogP contribution in [-0.4, -0.2) is 23.4 Å². The highest BCUT2D eigenvalue weighted by atomic mass is 32.1. The second-order valence-corrected chi connectivity index (χ2v) is 6.59. The van der Waals surface area contributed by atoms with Gasteiger partial charge in [0.2, 0.25) is 0 Å². The first-order chi connectivity index (χ1) is 10.6. The highest BCUT2D eigenvalue weighted by Gasteiger charge is 2.43. The maximum atomic E-state index is 13.8. The van der Waals surface area contributed by atoms with Crippen molar-refractivity contribution in [3.05, 3.63) is 47.1 Å². The van der Waals surface area contributed by atoms with Crippen LogP contribution >= 0.6 is 11.3 Å². The number of benzene rings is 1. The van der Waals surface area contributed by atoms with Gasteiger partial charge in [-0.05, 0) is 37.5 Å². The molecule has 2 aromatic rings. The lowest BCUT2D eigenvalue weighted by Crippen LogP contribution is -2.53. The zero-order chi connectivity index (χ0) is 15.7. The fraction of sp³-hybridized carbons (Fsp3) is 0.294. The number of hydrogen-bond acceptors (Lipinski definition) is 3. The minimum atomic E-state index is -0.667. The van der Waals surface area contributed by atoms with Crippen molar-refractivity contribution < 1.29 is 9.18 Å². The monoisotopic (exact) mass is 314 g/mol. The predicted octanol–water partition coefficient (Wildman–Crippen LogP) is 4.07. The molecule has 0 unspecified atom stereocenters. The molecule has 22 heavy (non-hydrogen) atoms. The van der Waals surface area contributed by atoms with E-state index in [9.17, 15) is 14.4 Å². The van der Waals surface area contributed by atoms with Gasteiger partial charge in [0.15, 0.2) is 0 Å². The molecule has 3 rings (SSSR count). The van der Waals surface area contributed by atoms with Gasteiger partial charge in [0.05, 0.1) is 10.9 Å². The van der Waals surface area contributed by atoms with Crippen molar-refractivity contribution in [3.8, 4) is 16.5 Å². The van der Waals surface area contributed by atoms with Crippen LogP contribution in [0.2, 0.25) is 0 Å². The third-order valence-electron chi connectivity index (χ3n) is 4.29. The first-order valence-electron chi connectivity index (χ1n) is 7.11. The Labute approximate surface area is 132 Å². The van der Waals surface area contributed by atoms with Gasteiger partial charge < -0.3 is 4.90 Å². The third-order valence-corrected chi connectivity index (χ3v) is 5.40. The van der Waals surface area contributed by atoms with E-state index in [1.807, 2.05) is 0 Å². The predicted molar refractivity (Wildman–Crippen MR) is 84.0 cm³/mol. The molecule has 0 spiro atoms. The molecule has 1 aromatic carbocycles. The van der Waals surface area contributed by atoms with E-state index >= 15 is 0 Å². The van der Waals surface area contributed by atoms with Gasteiger partial charge in [-0.1, -0.05) is 18.2 Å². The fourth-order valence-corrected chi connectivity index (χ4v) is 3.66. The molecule has 1 fully saturated rings. The number of halogens is 1. The number of hydrogen-bond donors (Lipinski definition) is 0. The Kier molecular flexibility index (Phi) is 3.71. The minimum absolute atomic E-state index is 0.172. The van der Waals surface area contributed by atoms with E-state index in [2.05, 4.69) is 6.07 Å². The van der Waals surface area contributed by atoms with Crippen LogP contribution in [0.25, 0.3) is 10.4 Å². The molecule has 0 aliphatic heterocycles. The molecule has 1 aromatic heterocycles. The molecule has 3 nitrogen and oxygen atoms in total. The first-order valence-corrected chi connectivity index (χ1v) is 7.93. The van der Waals surface area contributed by atoms with Crippen molar-refractivity contribution in [2.75, 3.05) is 7.05 Å². The molecule has 0 bridgehead atoms. The number of amides is 1. The van der Waals surface area contributed by atoms with Gasteiger partial charge in [-0.2, -0.15) is 5.26 Å². The van der Waals surface area contributed by atoms with Crippen molar-refractivity contribution >= 4 is 17.2 Å². The summed E-state index contributed by atoms with van der Waals surface area (Å²) < 4.78 is 13.8. The zero-order valence-corrected chi connectivity index (χ0v) is 13.0. The summed E-state index contributed by atoms with van der Waals surface area (Å²) in [6.07, 6.45) is 2.41. The van der Waals surface area contributed by atoms with Crippen molar-refractivity contribution in [2.45, 2.75) is 24.8 Å². The summed E-state index contributed by atoms with van der Waals surface area (Å²) in [6.45, 7) is 0. The fourth-order valence-electron chi connectivity index (χ4n) is 2.65. The van der Waals surface area contributed by atoms with E-state index in [1.165, 1.54) is 22.3 Å². The summed E-state index contributed by atoms with van der Waals surface area (Å²) >= 11 is 1.26. The van der Waals surface area contributed by atoms with Crippen molar-refractivity contribution in [3.63, 3.8) is 0 Å². The Balaban J connectivity index is 1.87. The lowest BCUT2D eigenvalue weighted by Gasteiger charge is -2.42. The lowest BCUT2D eigenvalue weighted by molar-refractivity contribution is 0.0502. The second-order valence-electron chi connectivity index (χ2n) is 5.50. The first kappa shape index (κ1) is 14.7. The summed E-state index contributed by atoms with van der Waals surface area (Å²) in [5, 5.41) is 9.33. The molecule has 1 heterocycles. The number of rotatable bonds is 3. The van der Waals surface area contributed by atoms with E-state index in [0.29, 0.717) is 10.4 Å². The van der Waals surface area contributed by atoms with Crippen LogP contribution in [0, 0.1) is 17.1 Å². The smallest absolute Gasteiger partial charge is 0.264 e. The van der Waals surface area contributed by atoms with E-state index < -0.39 is 5.54 Å². The Morgan fingerprint density at radius 3 is 2.64 bits per heavy atom. The third kappa shape index (κ3) is 2.30. The summed E-state index contributed by atoms with van der Waals surface area (Å²) in [5.41, 5.74) is -0.174. The quantitative estimate of drug-likeness (QED) is 0.857. The second kappa shape index (κ2) is 5.54. The van der Waals surface area contributed by atoms with Gasteiger partial charge in [0, 0.05) is 17.5 Å². The van der Waals surface area contributed by atoms with Crippen LogP contribution in [0.3, 0.4) is 0 Å². The highest BCUT2D eigenvalue weighted by molar-refractivity contribution is 7.17. The number of thiophene rings is 1. The summed E-state index contributed by atoms with van der Waals surface area (Å²) in [4.78, 5) is 15.3. The van der Waals surface area contributed by atoms with Crippen LogP contribution < -0.4 is 0 Å². The summed E-state index contributed by atoms with van der Waals surface area (Å²) in [5.74, 6) is -0.474. The highest BCUT2D eigenvalue weighted by Crippen LogP contribution is 2.38. The molecule has 0 radical (unpaired) electrons. The Morgan fingerprint density at radius 1 is 1.32 bits per heavy atom. The average Bonchev–Trinajstić information content (AvgIpc) is 2.96. The molecule has 5 heteroatoms. The van der Waals surface area contributed by atoms with Gasteiger partial charge >= 0.3 is 0 Å². The van der Waals surface area contributed by atoms with Crippen molar-refractivity contribution in [2.24, 2.45) is 0 Å². The standard InChI is InChI=1S/C17H15FN2OS/c1-20(17(11-19)9-4-10-17)16(21)15-8-7-14(22-15)12-5-2-3-6-13(12)18/h2-3,5-8H,4,9-10H2,1H3. The normalized spacial score (nSPS) is 15.7. The van der Waals surface area contributed by atoms with Crippen LogP contribution in [-0.2, 0) is 0 Å². The minimum Gasteiger partial charge on any atom is -0.322 e. The van der Waals surface area contributed by atoms with Gasteiger partial charge in [0.25, 0.3) is 5.91 Å². The molecule has 1 amide bonds. The number of carbonyl (C=O) groups is 1. The summed E-state index contributed by atoms with van der Waals surface area (Å²) in [6, 6.07) is 12.2. The zero-order valence-electron chi connectivity index (χ0n) is 12.2. The molecule has 0 N–H and O–H groups in total. The molecular weight excluding hydrogens is 299 g/mol. The van der Waals surface area contributed by atoms with Crippen LogP contribution in [0.15, 0.2) is 36.4 Å². The average molecular weight is 314 g/mol. The largest absolute Gasteiger partial charge is 0.322 e. The van der Waals surface area contributed by atoms with E-state index in [1.54, 1.807) is 37.4 Å². The molecule has 1 aliphatic carbocycles. The molecule has 1 saturated carbocycles. The number of nitriles is 1. The topological polar surface area (TPSA) is 44.1 Å². The Morgan fingerprint density at radius 2 is 2.05 bits per heavy atom. The van der Waals surface area contributed by atoms with Crippen LogP contribution in [0.5, 0.6) is 0 Å². The van der Waals surface area contributed by atoms with Gasteiger partial charge in [0.1, 0.15) is 11.4 Å². The molecule has 0 saturated heterocycles. The van der Waals surface area contributed by atoms with Gasteiger partial charge in [-0.3, -0.25) is 4.79 Å². The number of nitrogens with zero attached hydrogens (tertiary/aromatic N) is 2. The van der Waals surface area contributed by atoms with Crippen molar-refractivity contribution in [1.29, 1.82) is 5.26 Å².